The largest absolute Gasteiger partial charge is 0.505 e. The van der Waals surface area contributed by atoms with Crippen LogP contribution >= 0.6 is 23.2 Å². The molecule has 0 aliphatic carbocycles. The molecule has 30 heavy (non-hydrogen) atoms. The van der Waals surface area contributed by atoms with Gasteiger partial charge in [0.05, 0.1) is 29.3 Å². The lowest BCUT2D eigenvalue weighted by Gasteiger charge is -2.32. The molecule has 1 fully saturated rings. The SMILES string of the molecule is O=C(NC[C@@H]1CN(C(=O)OCc2ccc(F)cc2)CCO1)c1cc(Cl)c(O)c(Cl)c1. The molecule has 1 heterocycles. The van der Waals surface area contributed by atoms with Crippen molar-refractivity contribution >= 4 is 35.2 Å². The molecule has 2 amide bonds. The van der Waals surface area contributed by atoms with E-state index in [9.17, 15) is 19.1 Å². The average Bonchev–Trinajstić information content (AvgIpc) is 2.75. The number of phenolic OH excluding ortho intramolecular Hbond substituents is 1. The number of morpholine rings is 1. The van der Waals surface area contributed by atoms with Crippen LogP contribution < -0.4 is 5.32 Å². The third-order valence-corrected chi connectivity index (χ3v) is 5.02. The molecule has 1 aliphatic rings. The van der Waals surface area contributed by atoms with Crippen molar-refractivity contribution in [2.24, 2.45) is 0 Å². The van der Waals surface area contributed by atoms with Crippen LogP contribution in [-0.2, 0) is 16.1 Å². The number of phenols is 1. The van der Waals surface area contributed by atoms with Gasteiger partial charge in [0.2, 0.25) is 0 Å². The zero-order valence-corrected chi connectivity index (χ0v) is 17.3. The smallest absolute Gasteiger partial charge is 0.410 e. The van der Waals surface area contributed by atoms with E-state index in [0.29, 0.717) is 18.7 Å². The standard InChI is InChI=1S/C20H19Cl2FN2O5/c21-16-7-13(8-17(22)18(16)26)19(27)24-9-15-10-25(5-6-29-15)20(28)30-11-12-1-3-14(23)4-2-12/h1-4,7-8,15,26H,5-6,9-11H2,(H,24,27)/t15-/m1/s1. The van der Waals surface area contributed by atoms with Crippen LogP contribution in [0, 0.1) is 5.82 Å². The molecular formula is C20H19Cl2FN2O5. The third-order valence-electron chi connectivity index (χ3n) is 4.44. The molecular weight excluding hydrogens is 438 g/mol. The Balaban J connectivity index is 1.49. The first-order chi connectivity index (χ1) is 14.3. The molecule has 1 aliphatic heterocycles. The van der Waals surface area contributed by atoms with E-state index >= 15 is 0 Å². The monoisotopic (exact) mass is 456 g/mol. The van der Waals surface area contributed by atoms with E-state index in [0.717, 1.165) is 0 Å². The van der Waals surface area contributed by atoms with Gasteiger partial charge in [-0.3, -0.25) is 4.79 Å². The fraction of sp³-hybridized carbons (Fsp3) is 0.300. The second-order valence-corrected chi connectivity index (χ2v) is 7.43. The van der Waals surface area contributed by atoms with Gasteiger partial charge in [0, 0.05) is 18.7 Å². The van der Waals surface area contributed by atoms with Crippen molar-refractivity contribution in [1.29, 1.82) is 0 Å². The summed E-state index contributed by atoms with van der Waals surface area (Å²) in [6, 6.07) is 8.29. The Morgan fingerprint density at radius 3 is 2.57 bits per heavy atom. The van der Waals surface area contributed by atoms with Gasteiger partial charge in [0.1, 0.15) is 12.4 Å². The van der Waals surface area contributed by atoms with E-state index in [1.54, 1.807) is 12.1 Å². The topological polar surface area (TPSA) is 88.1 Å². The van der Waals surface area contributed by atoms with Crippen molar-refractivity contribution < 1.29 is 28.6 Å². The average molecular weight is 457 g/mol. The maximum Gasteiger partial charge on any atom is 0.410 e. The van der Waals surface area contributed by atoms with E-state index in [-0.39, 0.29) is 46.9 Å². The van der Waals surface area contributed by atoms with E-state index in [2.05, 4.69) is 5.32 Å². The summed E-state index contributed by atoms with van der Waals surface area (Å²) in [5.74, 6) is -1.10. The lowest BCUT2D eigenvalue weighted by Crippen LogP contribution is -2.49. The van der Waals surface area contributed by atoms with Gasteiger partial charge in [0.15, 0.2) is 5.75 Å². The maximum absolute atomic E-state index is 12.9. The van der Waals surface area contributed by atoms with Crippen LogP contribution in [0.15, 0.2) is 36.4 Å². The lowest BCUT2D eigenvalue weighted by molar-refractivity contribution is -0.0263. The van der Waals surface area contributed by atoms with Crippen molar-refractivity contribution in [1.82, 2.24) is 10.2 Å². The zero-order chi connectivity index (χ0) is 21.7. The first-order valence-corrected chi connectivity index (χ1v) is 9.83. The molecule has 0 aromatic heterocycles. The summed E-state index contributed by atoms with van der Waals surface area (Å²) in [5.41, 5.74) is 0.863. The number of nitrogens with one attached hydrogen (secondary N) is 1. The first kappa shape index (κ1) is 22.1. The number of benzene rings is 2. The summed E-state index contributed by atoms with van der Waals surface area (Å²) in [6.45, 7) is 1.06. The molecule has 10 heteroatoms. The fourth-order valence-electron chi connectivity index (χ4n) is 2.83. The second kappa shape index (κ2) is 9.97. The van der Waals surface area contributed by atoms with Crippen molar-refractivity contribution in [3.8, 4) is 5.75 Å². The highest BCUT2D eigenvalue weighted by Gasteiger charge is 2.26. The number of carbonyl (C=O) groups is 2. The predicted octanol–water partition coefficient (Wildman–Crippen LogP) is 3.61. The normalized spacial score (nSPS) is 16.2. The van der Waals surface area contributed by atoms with Gasteiger partial charge in [-0.15, -0.1) is 0 Å². The number of ether oxygens (including phenoxy) is 2. The Morgan fingerprint density at radius 1 is 1.23 bits per heavy atom. The quantitative estimate of drug-likeness (QED) is 0.717. The number of aromatic hydroxyl groups is 1. The van der Waals surface area contributed by atoms with Crippen molar-refractivity contribution in [2.45, 2.75) is 12.7 Å². The highest BCUT2D eigenvalue weighted by molar-refractivity contribution is 6.37. The van der Waals surface area contributed by atoms with Crippen LogP contribution in [0.25, 0.3) is 0 Å². The lowest BCUT2D eigenvalue weighted by atomic mass is 10.2. The molecule has 2 aromatic rings. The minimum Gasteiger partial charge on any atom is -0.505 e. The minimum atomic E-state index is -0.518. The summed E-state index contributed by atoms with van der Waals surface area (Å²) in [4.78, 5) is 26.1. The molecule has 2 N–H and O–H groups in total. The Hall–Kier alpha value is -2.55. The van der Waals surface area contributed by atoms with Gasteiger partial charge in [-0.25, -0.2) is 9.18 Å². The molecule has 0 unspecified atom stereocenters. The first-order valence-electron chi connectivity index (χ1n) is 9.07. The van der Waals surface area contributed by atoms with Gasteiger partial charge in [0.25, 0.3) is 5.91 Å². The van der Waals surface area contributed by atoms with Crippen LogP contribution in [0.5, 0.6) is 5.75 Å². The molecule has 2 aromatic carbocycles. The van der Waals surface area contributed by atoms with Crippen molar-refractivity contribution in [2.75, 3.05) is 26.2 Å². The van der Waals surface area contributed by atoms with Crippen LogP contribution in [-0.4, -0.2) is 54.4 Å². The van der Waals surface area contributed by atoms with Crippen LogP contribution in [0.3, 0.4) is 0 Å². The van der Waals surface area contributed by atoms with E-state index in [4.69, 9.17) is 32.7 Å². The predicted molar refractivity (Wildman–Crippen MR) is 108 cm³/mol. The number of amides is 2. The maximum atomic E-state index is 12.9. The minimum absolute atomic E-state index is 0.0280. The second-order valence-electron chi connectivity index (χ2n) is 6.62. The molecule has 1 saturated heterocycles. The van der Waals surface area contributed by atoms with Gasteiger partial charge < -0.3 is 24.8 Å². The Kier molecular flexibility index (Phi) is 7.36. The fourth-order valence-corrected chi connectivity index (χ4v) is 3.32. The summed E-state index contributed by atoms with van der Waals surface area (Å²) in [7, 11) is 0. The number of hydrogen-bond donors (Lipinski definition) is 2. The van der Waals surface area contributed by atoms with Gasteiger partial charge >= 0.3 is 6.09 Å². The Labute approximate surface area is 182 Å². The van der Waals surface area contributed by atoms with Crippen molar-refractivity contribution in [3.63, 3.8) is 0 Å². The highest BCUT2D eigenvalue weighted by Crippen LogP contribution is 2.32. The molecule has 7 nitrogen and oxygen atoms in total. The molecule has 0 bridgehead atoms. The summed E-state index contributed by atoms with van der Waals surface area (Å²) in [6.07, 6.45) is -0.944. The number of hydrogen-bond acceptors (Lipinski definition) is 5. The van der Waals surface area contributed by atoms with Gasteiger partial charge in [-0.05, 0) is 29.8 Å². The zero-order valence-electron chi connectivity index (χ0n) is 15.7. The van der Waals surface area contributed by atoms with Crippen LogP contribution in [0.1, 0.15) is 15.9 Å². The van der Waals surface area contributed by atoms with Crippen LogP contribution in [0.2, 0.25) is 10.0 Å². The summed E-state index contributed by atoms with van der Waals surface area (Å²) in [5, 5.41) is 12.2. The molecule has 0 spiro atoms. The highest BCUT2D eigenvalue weighted by atomic mass is 35.5. The number of carbonyl (C=O) groups excluding carboxylic acids is 2. The molecule has 3 rings (SSSR count). The van der Waals surface area contributed by atoms with Gasteiger partial charge in [-0.1, -0.05) is 35.3 Å². The number of nitrogens with zero attached hydrogens (tertiary/aromatic N) is 1. The Bertz CT molecular complexity index is 903. The van der Waals surface area contributed by atoms with Crippen LogP contribution in [0.4, 0.5) is 9.18 Å². The van der Waals surface area contributed by atoms with Gasteiger partial charge in [-0.2, -0.15) is 0 Å². The summed E-state index contributed by atoms with van der Waals surface area (Å²) < 4.78 is 23.8. The molecule has 160 valence electrons. The number of halogens is 3. The molecule has 1 atom stereocenters. The Morgan fingerprint density at radius 2 is 1.90 bits per heavy atom. The molecule has 0 radical (unpaired) electrons. The third kappa shape index (κ3) is 5.75. The number of rotatable bonds is 5. The molecule has 0 saturated carbocycles. The van der Waals surface area contributed by atoms with E-state index in [1.807, 2.05) is 0 Å². The van der Waals surface area contributed by atoms with E-state index < -0.39 is 18.1 Å². The summed E-state index contributed by atoms with van der Waals surface area (Å²) >= 11 is 11.7. The van der Waals surface area contributed by atoms with E-state index in [1.165, 1.54) is 29.2 Å². The van der Waals surface area contributed by atoms with Crippen molar-refractivity contribution in [3.05, 3.63) is 63.4 Å².